The Morgan fingerprint density at radius 1 is 1.36 bits per heavy atom. The first-order chi connectivity index (χ1) is 10.2. The normalized spacial score (nSPS) is 21.1. The standard InChI is InChI=1S/C14H29N3O4S/c1-11(2)21-8-9-22(19,20)16-10-14(18)17-7-5-4-6-13(17)12(3)15/h11-13,16H,4-10,15H2,1-3H3. The lowest BCUT2D eigenvalue weighted by Gasteiger charge is -2.38. The Morgan fingerprint density at radius 3 is 2.64 bits per heavy atom. The van der Waals surface area contributed by atoms with Gasteiger partial charge in [0.1, 0.15) is 0 Å². The number of carbonyl (C=O) groups excluding carboxylic acids is 1. The van der Waals surface area contributed by atoms with Crippen molar-refractivity contribution in [3.63, 3.8) is 0 Å². The van der Waals surface area contributed by atoms with Crippen LogP contribution in [0.5, 0.6) is 0 Å². The fraction of sp³-hybridized carbons (Fsp3) is 0.929. The zero-order valence-corrected chi connectivity index (χ0v) is 14.6. The molecule has 22 heavy (non-hydrogen) atoms. The third kappa shape index (κ3) is 6.60. The van der Waals surface area contributed by atoms with Crippen molar-refractivity contribution in [1.82, 2.24) is 9.62 Å². The molecule has 1 amide bonds. The number of likely N-dealkylation sites (tertiary alicyclic amines) is 1. The molecule has 1 heterocycles. The molecule has 0 bridgehead atoms. The summed E-state index contributed by atoms with van der Waals surface area (Å²) in [5.41, 5.74) is 5.92. The van der Waals surface area contributed by atoms with Crippen molar-refractivity contribution in [2.45, 2.75) is 58.2 Å². The van der Waals surface area contributed by atoms with Crippen LogP contribution in [0.4, 0.5) is 0 Å². The highest BCUT2D eigenvalue weighted by Gasteiger charge is 2.29. The number of amides is 1. The maximum Gasteiger partial charge on any atom is 0.237 e. The molecule has 1 aliphatic heterocycles. The minimum atomic E-state index is -3.50. The maximum absolute atomic E-state index is 12.3. The Labute approximate surface area is 133 Å². The Hall–Kier alpha value is -0.700. The molecule has 0 aliphatic carbocycles. The van der Waals surface area contributed by atoms with Gasteiger partial charge in [-0.15, -0.1) is 0 Å². The third-order valence-corrected chi connectivity index (χ3v) is 5.01. The quantitative estimate of drug-likeness (QED) is 0.653. The molecule has 1 saturated heterocycles. The number of nitrogens with zero attached hydrogens (tertiary/aromatic N) is 1. The fourth-order valence-corrected chi connectivity index (χ4v) is 3.36. The molecule has 0 aromatic heterocycles. The summed E-state index contributed by atoms with van der Waals surface area (Å²) < 4.78 is 31.2. The number of hydrogen-bond donors (Lipinski definition) is 2. The number of ether oxygens (including phenoxy) is 1. The molecule has 8 heteroatoms. The summed E-state index contributed by atoms with van der Waals surface area (Å²) in [5.74, 6) is -0.356. The molecule has 2 unspecified atom stereocenters. The van der Waals surface area contributed by atoms with Gasteiger partial charge in [-0.05, 0) is 40.0 Å². The van der Waals surface area contributed by atoms with E-state index >= 15 is 0 Å². The Bertz CT molecular complexity index is 451. The number of carbonyl (C=O) groups is 1. The molecule has 1 fully saturated rings. The van der Waals surface area contributed by atoms with Gasteiger partial charge in [-0.2, -0.15) is 0 Å². The van der Waals surface area contributed by atoms with Crippen LogP contribution < -0.4 is 10.5 Å². The molecule has 1 aliphatic rings. The average Bonchev–Trinajstić information content (AvgIpc) is 2.44. The van der Waals surface area contributed by atoms with Gasteiger partial charge < -0.3 is 15.4 Å². The van der Waals surface area contributed by atoms with Crippen molar-refractivity contribution in [3.05, 3.63) is 0 Å². The number of nitrogens with one attached hydrogen (secondary N) is 1. The SMILES string of the molecule is CC(C)OCCS(=O)(=O)NCC(=O)N1CCCCC1C(C)N. The zero-order chi connectivity index (χ0) is 16.8. The van der Waals surface area contributed by atoms with Crippen LogP contribution in [0.25, 0.3) is 0 Å². The second-order valence-electron chi connectivity index (χ2n) is 6.07. The van der Waals surface area contributed by atoms with Crippen molar-refractivity contribution < 1.29 is 17.9 Å². The summed E-state index contributed by atoms with van der Waals surface area (Å²) >= 11 is 0. The summed E-state index contributed by atoms with van der Waals surface area (Å²) in [5, 5.41) is 0. The van der Waals surface area contributed by atoms with Gasteiger partial charge in [0.2, 0.25) is 15.9 Å². The van der Waals surface area contributed by atoms with Crippen molar-refractivity contribution in [1.29, 1.82) is 0 Å². The lowest BCUT2D eigenvalue weighted by Crippen LogP contribution is -2.54. The van der Waals surface area contributed by atoms with E-state index in [-0.39, 0.29) is 43.0 Å². The second kappa shape index (κ2) is 8.81. The molecule has 1 rings (SSSR count). The summed E-state index contributed by atoms with van der Waals surface area (Å²) in [6.07, 6.45) is 2.84. The lowest BCUT2D eigenvalue weighted by molar-refractivity contribution is -0.134. The lowest BCUT2D eigenvalue weighted by atomic mass is 9.97. The van der Waals surface area contributed by atoms with Gasteiger partial charge in [0.15, 0.2) is 0 Å². The maximum atomic E-state index is 12.3. The summed E-state index contributed by atoms with van der Waals surface area (Å²) in [6, 6.07) is -0.115. The topological polar surface area (TPSA) is 102 Å². The summed E-state index contributed by atoms with van der Waals surface area (Å²) in [7, 11) is -3.50. The molecule has 0 radical (unpaired) electrons. The Kier molecular flexibility index (Phi) is 7.75. The van der Waals surface area contributed by atoms with Crippen LogP contribution in [-0.4, -0.2) is 62.9 Å². The molecule has 0 aromatic carbocycles. The first kappa shape index (κ1) is 19.3. The van der Waals surface area contributed by atoms with Crippen LogP contribution in [0, 0.1) is 0 Å². The minimum Gasteiger partial charge on any atom is -0.378 e. The summed E-state index contributed by atoms with van der Waals surface area (Å²) in [4.78, 5) is 14.0. The third-order valence-electron chi connectivity index (χ3n) is 3.72. The average molecular weight is 335 g/mol. The van der Waals surface area contributed by atoms with Gasteiger partial charge >= 0.3 is 0 Å². The van der Waals surface area contributed by atoms with Crippen LogP contribution in [0.3, 0.4) is 0 Å². The first-order valence-electron chi connectivity index (χ1n) is 7.87. The van der Waals surface area contributed by atoms with Crippen LogP contribution >= 0.6 is 0 Å². The molecule has 130 valence electrons. The van der Waals surface area contributed by atoms with Crippen LogP contribution in [0.15, 0.2) is 0 Å². The van der Waals surface area contributed by atoms with Crippen molar-refractivity contribution in [2.24, 2.45) is 5.73 Å². The minimum absolute atomic E-state index is 0.00460. The van der Waals surface area contributed by atoms with E-state index in [1.54, 1.807) is 4.90 Å². The monoisotopic (exact) mass is 335 g/mol. The van der Waals surface area contributed by atoms with E-state index < -0.39 is 10.0 Å². The molecule has 2 atom stereocenters. The van der Waals surface area contributed by atoms with Gasteiger partial charge in [-0.3, -0.25) is 4.79 Å². The Balaban J connectivity index is 2.46. The van der Waals surface area contributed by atoms with E-state index in [1.165, 1.54) is 0 Å². The van der Waals surface area contributed by atoms with E-state index in [9.17, 15) is 13.2 Å². The van der Waals surface area contributed by atoms with Crippen LogP contribution in [0.1, 0.15) is 40.0 Å². The number of hydrogen-bond acceptors (Lipinski definition) is 5. The van der Waals surface area contributed by atoms with Gasteiger partial charge in [0, 0.05) is 18.6 Å². The van der Waals surface area contributed by atoms with E-state index in [2.05, 4.69) is 4.72 Å². The molecular weight excluding hydrogens is 306 g/mol. The molecule has 0 spiro atoms. The number of rotatable bonds is 8. The highest BCUT2D eigenvalue weighted by molar-refractivity contribution is 7.89. The number of nitrogens with two attached hydrogens (primary N) is 1. The second-order valence-corrected chi connectivity index (χ2v) is 8.00. The smallest absolute Gasteiger partial charge is 0.237 e. The molecule has 7 nitrogen and oxygen atoms in total. The molecular formula is C14H29N3O4S. The number of piperidine rings is 1. The van der Waals surface area contributed by atoms with Gasteiger partial charge in [-0.1, -0.05) is 0 Å². The fourth-order valence-electron chi connectivity index (χ4n) is 2.55. The predicted molar refractivity (Wildman–Crippen MR) is 85.9 cm³/mol. The highest BCUT2D eigenvalue weighted by Crippen LogP contribution is 2.18. The van der Waals surface area contributed by atoms with Gasteiger partial charge in [0.05, 0.1) is 25.0 Å². The van der Waals surface area contributed by atoms with E-state index in [1.807, 2.05) is 20.8 Å². The molecule has 0 saturated carbocycles. The molecule has 3 N–H and O–H groups in total. The van der Waals surface area contributed by atoms with Gasteiger partial charge in [0.25, 0.3) is 0 Å². The largest absolute Gasteiger partial charge is 0.378 e. The van der Waals surface area contributed by atoms with Crippen LogP contribution in [0.2, 0.25) is 0 Å². The van der Waals surface area contributed by atoms with E-state index in [0.29, 0.717) is 6.54 Å². The summed E-state index contributed by atoms with van der Waals surface area (Å²) in [6.45, 7) is 6.11. The first-order valence-corrected chi connectivity index (χ1v) is 9.52. The van der Waals surface area contributed by atoms with E-state index in [0.717, 1.165) is 19.3 Å². The van der Waals surface area contributed by atoms with Crippen molar-refractivity contribution >= 4 is 15.9 Å². The van der Waals surface area contributed by atoms with Crippen LogP contribution in [-0.2, 0) is 19.6 Å². The van der Waals surface area contributed by atoms with Crippen molar-refractivity contribution in [3.8, 4) is 0 Å². The highest BCUT2D eigenvalue weighted by atomic mass is 32.2. The van der Waals surface area contributed by atoms with E-state index in [4.69, 9.17) is 10.5 Å². The molecule has 0 aromatic rings. The van der Waals surface area contributed by atoms with Crippen molar-refractivity contribution in [2.75, 3.05) is 25.4 Å². The Morgan fingerprint density at radius 2 is 2.05 bits per heavy atom. The zero-order valence-electron chi connectivity index (χ0n) is 13.7. The number of sulfonamides is 1. The predicted octanol–water partition coefficient (Wildman–Crippen LogP) is 0.0591. The van der Waals surface area contributed by atoms with Gasteiger partial charge in [-0.25, -0.2) is 13.1 Å².